The summed E-state index contributed by atoms with van der Waals surface area (Å²) in [5.41, 5.74) is -1.84. The quantitative estimate of drug-likeness (QED) is 0.469. The summed E-state index contributed by atoms with van der Waals surface area (Å²) in [6.07, 6.45) is 0. The second kappa shape index (κ2) is 7.91. The maximum Gasteiger partial charge on any atom is 0.333 e. The standard InChI is InChI=1S/C18H17Br2N5O5/c1-7(2)6-25-14(26)10-8(19)5-9(20)12(11(10)15(25)27)21-22-13-16(28)23(3)18(30)24(4)17(13)29/h5,7,28H,6H2,1-4H3. The van der Waals surface area contributed by atoms with Crippen LogP contribution in [0.3, 0.4) is 0 Å². The van der Waals surface area contributed by atoms with Crippen LogP contribution in [0.5, 0.6) is 5.88 Å². The van der Waals surface area contributed by atoms with Crippen molar-refractivity contribution in [3.8, 4) is 5.88 Å². The van der Waals surface area contributed by atoms with Crippen molar-refractivity contribution >= 4 is 55.0 Å². The number of aromatic hydroxyl groups is 1. The van der Waals surface area contributed by atoms with Gasteiger partial charge in [-0.3, -0.25) is 28.4 Å². The van der Waals surface area contributed by atoms with E-state index in [1.807, 2.05) is 13.8 Å². The van der Waals surface area contributed by atoms with Crippen molar-refractivity contribution in [3.05, 3.63) is 47.0 Å². The summed E-state index contributed by atoms with van der Waals surface area (Å²) in [4.78, 5) is 51.1. The zero-order valence-corrected chi connectivity index (χ0v) is 19.6. The molecule has 1 aliphatic rings. The van der Waals surface area contributed by atoms with Crippen LogP contribution in [0.2, 0.25) is 0 Å². The van der Waals surface area contributed by atoms with Crippen molar-refractivity contribution in [3.63, 3.8) is 0 Å². The second-order valence-electron chi connectivity index (χ2n) is 7.13. The first-order chi connectivity index (χ1) is 14.0. The fourth-order valence-corrected chi connectivity index (χ4v) is 4.43. The van der Waals surface area contributed by atoms with Crippen LogP contribution < -0.4 is 11.2 Å². The summed E-state index contributed by atoms with van der Waals surface area (Å²) in [7, 11) is 2.51. The van der Waals surface area contributed by atoms with Crippen molar-refractivity contribution in [2.24, 2.45) is 30.2 Å². The molecule has 158 valence electrons. The van der Waals surface area contributed by atoms with Crippen LogP contribution in [0.4, 0.5) is 11.4 Å². The van der Waals surface area contributed by atoms with Gasteiger partial charge in [0.15, 0.2) is 0 Å². The van der Waals surface area contributed by atoms with Crippen molar-refractivity contribution in [2.45, 2.75) is 13.8 Å². The van der Waals surface area contributed by atoms with Gasteiger partial charge in [0.05, 0.1) is 11.1 Å². The predicted octanol–water partition coefficient (Wildman–Crippen LogP) is 2.98. The molecule has 1 aliphatic heterocycles. The Bertz CT molecular complexity index is 1250. The van der Waals surface area contributed by atoms with E-state index < -0.39 is 34.6 Å². The minimum atomic E-state index is -0.854. The van der Waals surface area contributed by atoms with E-state index in [-0.39, 0.29) is 29.3 Å². The van der Waals surface area contributed by atoms with Crippen molar-refractivity contribution < 1.29 is 14.7 Å². The number of carbonyl (C=O) groups excluding carboxylic acids is 2. The lowest BCUT2D eigenvalue weighted by atomic mass is 10.1. The molecule has 0 saturated carbocycles. The van der Waals surface area contributed by atoms with Gasteiger partial charge in [-0.05, 0) is 43.8 Å². The molecule has 0 saturated heterocycles. The predicted molar refractivity (Wildman–Crippen MR) is 115 cm³/mol. The number of azo groups is 1. The molecule has 12 heteroatoms. The Balaban J connectivity index is 2.21. The Morgan fingerprint density at radius 2 is 1.50 bits per heavy atom. The summed E-state index contributed by atoms with van der Waals surface area (Å²) in [6.45, 7) is 4.00. The molecular weight excluding hydrogens is 526 g/mol. The number of imide groups is 1. The van der Waals surface area contributed by atoms with Gasteiger partial charge in [0.2, 0.25) is 11.6 Å². The third-order valence-corrected chi connectivity index (χ3v) is 5.76. The summed E-state index contributed by atoms with van der Waals surface area (Å²) in [6, 6.07) is 1.55. The highest BCUT2D eigenvalue weighted by Gasteiger charge is 2.40. The number of amides is 2. The van der Waals surface area contributed by atoms with Gasteiger partial charge < -0.3 is 5.11 Å². The number of nitrogens with zero attached hydrogens (tertiary/aromatic N) is 5. The van der Waals surface area contributed by atoms with E-state index in [4.69, 9.17) is 0 Å². The van der Waals surface area contributed by atoms with Crippen molar-refractivity contribution in [1.29, 1.82) is 0 Å². The third kappa shape index (κ3) is 3.43. The van der Waals surface area contributed by atoms with Crippen LogP contribution >= 0.6 is 31.9 Å². The monoisotopic (exact) mass is 541 g/mol. The molecule has 0 spiro atoms. The van der Waals surface area contributed by atoms with E-state index in [1.54, 1.807) is 6.07 Å². The number of rotatable bonds is 4. The number of benzene rings is 1. The molecule has 1 aromatic carbocycles. The lowest BCUT2D eigenvalue weighted by Gasteiger charge is -2.15. The number of hydrogen-bond donors (Lipinski definition) is 1. The SMILES string of the molecule is CC(C)CN1C(=O)c2c(Br)cc(Br)c(N=Nc3c(O)n(C)c(=O)n(C)c3=O)c2C1=O. The Morgan fingerprint density at radius 1 is 0.933 bits per heavy atom. The van der Waals surface area contributed by atoms with Crippen molar-refractivity contribution in [1.82, 2.24) is 14.0 Å². The van der Waals surface area contributed by atoms with E-state index >= 15 is 0 Å². The first-order valence-corrected chi connectivity index (χ1v) is 10.3. The first-order valence-electron chi connectivity index (χ1n) is 8.76. The van der Waals surface area contributed by atoms with E-state index in [0.29, 0.717) is 8.95 Å². The van der Waals surface area contributed by atoms with Gasteiger partial charge in [0.1, 0.15) is 5.69 Å². The second-order valence-corrected chi connectivity index (χ2v) is 8.84. The van der Waals surface area contributed by atoms with Crippen LogP contribution in [0.1, 0.15) is 34.6 Å². The van der Waals surface area contributed by atoms with E-state index in [0.717, 1.165) is 14.0 Å². The summed E-state index contributed by atoms with van der Waals surface area (Å²) < 4.78 is 2.38. The summed E-state index contributed by atoms with van der Waals surface area (Å²) in [5.74, 6) is -1.59. The highest BCUT2D eigenvalue weighted by molar-refractivity contribution is 9.11. The molecule has 10 nitrogen and oxygen atoms in total. The van der Waals surface area contributed by atoms with Crippen LogP contribution in [0.25, 0.3) is 0 Å². The maximum atomic E-state index is 13.0. The number of fused-ring (bicyclic) bond motifs is 1. The Kier molecular flexibility index (Phi) is 5.83. The Morgan fingerprint density at radius 3 is 2.10 bits per heavy atom. The average molecular weight is 543 g/mol. The largest absolute Gasteiger partial charge is 0.493 e. The molecule has 30 heavy (non-hydrogen) atoms. The van der Waals surface area contributed by atoms with Crippen molar-refractivity contribution in [2.75, 3.05) is 6.54 Å². The lowest BCUT2D eigenvalue weighted by Crippen LogP contribution is -2.36. The minimum Gasteiger partial charge on any atom is -0.493 e. The molecule has 2 heterocycles. The lowest BCUT2D eigenvalue weighted by molar-refractivity contribution is 0.0636. The zero-order valence-electron chi connectivity index (χ0n) is 16.4. The van der Waals surface area contributed by atoms with Gasteiger partial charge in [-0.25, -0.2) is 4.79 Å². The molecule has 0 bridgehead atoms. The van der Waals surface area contributed by atoms with Gasteiger partial charge >= 0.3 is 5.69 Å². The molecule has 1 aromatic heterocycles. The van der Waals surface area contributed by atoms with Gasteiger partial charge in [-0.2, -0.15) is 0 Å². The van der Waals surface area contributed by atoms with Gasteiger partial charge in [-0.1, -0.05) is 13.8 Å². The minimum absolute atomic E-state index is 0.0341. The number of aromatic nitrogens is 2. The molecule has 2 aromatic rings. The first kappa shape index (κ1) is 22.1. The normalized spacial score (nSPS) is 13.8. The van der Waals surface area contributed by atoms with E-state index in [2.05, 4.69) is 42.1 Å². The van der Waals surface area contributed by atoms with Gasteiger partial charge in [0, 0.05) is 29.6 Å². The molecule has 2 amide bonds. The molecule has 1 N–H and O–H groups in total. The fourth-order valence-electron chi connectivity index (χ4n) is 3.02. The maximum absolute atomic E-state index is 13.0. The third-order valence-electron chi connectivity index (χ3n) is 4.53. The van der Waals surface area contributed by atoms with Crippen LogP contribution in [-0.2, 0) is 14.1 Å². The summed E-state index contributed by atoms with van der Waals surface area (Å²) in [5, 5.41) is 17.9. The number of halogens is 2. The summed E-state index contributed by atoms with van der Waals surface area (Å²) >= 11 is 6.61. The number of carbonyl (C=O) groups is 2. The Hall–Kier alpha value is -2.60. The highest BCUT2D eigenvalue weighted by Crippen LogP contribution is 2.42. The fraction of sp³-hybridized carbons (Fsp3) is 0.333. The van der Waals surface area contributed by atoms with Gasteiger partial charge in [0.25, 0.3) is 17.4 Å². The smallest absolute Gasteiger partial charge is 0.333 e. The molecule has 0 unspecified atom stereocenters. The van der Waals surface area contributed by atoms with Crippen LogP contribution in [-0.4, -0.2) is 37.5 Å². The topological polar surface area (TPSA) is 126 Å². The van der Waals surface area contributed by atoms with E-state index in [9.17, 15) is 24.3 Å². The molecule has 0 fully saturated rings. The molecular formula is C18H17Br2N5O5. The molecule has 0 atom stereocenters. The Labute approximate surface area is 187 Å². The molecule has 0 radical (unpaired) electrons. The van der Waals surface area contributed by atoms with Gasteiger partial charge in [-0.15, -0.1) is 10.2 Å². The highest BCUT2D eigenvalue weighted by atomic mass is 79.9. The molecule has 0 aliphatic carbocycles. The average Bonchev–Trinajstić information content (AvgIpc) is 2.91. The molecule has 3 rings (SSSR count). The number of hydrogen-bond acceptors (Lipinski definition) is 7. The van der Waals surface area contributed by atoms with E-state index in [1.165, 1.54) is 14.1 Å². The zero-order chi connectivity index (χ0) is 22.5. The van der Waals surface area contributed by atoms with Crippen LogP contribution in [0.15, 0.2) is 34.8 Å². The van der Waals surface area contributed by atoms with Crippen LogP contribution in [0, 0.1) is 5.92 Å².